The highest BCUT2D eigenvalue weighted by molar-refractivity contribution is 9.12. The molecule has 0 bridgehead atoms. The van der Waals surface area contributed by atoms with Crippen LogP contribution in [0.25, 0.3) is 0 Å². The van der Waals surface area contributed by atoms with Crippen molar-refractivity contribution in [1.29, 1.82) is 0 Å². The largest absolute Gasteiger partial charge is 0.340 e. The topological polar surface area (TPSA) is 40.6 Å². The number of ketones is 1. The van der Waals surface area contributed by atoms with Gasteiger partial charge in [0.1, 0.15) is 0 Å². The molecule has 2 heterocycles. The van der Waals surface area contributed by atoms with Gasteiger partial charge in [-0.05, 0) is 37.9 Å². The molecule has 1 aromatic rings. The first-order valence-electron chi connectivity index (χ1n) is 5.93. The number of Topliss-reactive ketones (excluding diaryl/α,β-unsaturated/α-hetero) is 1. The second-order valence-electron chi connectivity index (χ2n) is 4.44. The van der Waals surface area contributed by atoms with E-state index in [2.05, 4.69) is 36.8 Å². The minimum Gasteiger partial charge on any atom is -0.340 e. The fourth-order valence-electron chi connectivity index (χ4n) is 2.04. The Labute approximate surface area is 133 Å². The van der Waals surface area contributed by atoms with Crippen molar-refractivity contribution in [1.82, 2.24) is 9.80 Å². The predicted molar refractivity (Wildman–Crippen MR) is 82.7 cm³/mol. The lowest BCUT2D eigenvalue weighted by molar-refractivity contribution is -0.130. The molecule has 1 aliphatic heterocycles. The van der Waals surface area contributed by atoms with Crippen LogP contribution in [-0.4, -0.2) is 54.2 Å². The smallest absolute Gasteiger partial charge is 0.219 e. The second-order valence-corrected chi connectivity index (χ2v) is 8.19. The third-order valence-corrected chi connectivity index (χ3v) is 5.48. The monoisotopic (exact) mass is 408 g/mol. The van der Waals surface area contributed by atoms with Crippen LogP contribution in [0.2, 0.25) is 0 Å². The first-order chi connectivity index (χ1) is 8.97. The summed E-state index contributed by atoms with van der Waals surface area (Å²) < 4.78 is 1.82. The van der Waals surface area contributed by atoms with Crippen molar-refractivity contribution in [2.75, 3.05) is 32.7 Å². The Hall–Kier alpha value is -0.240. The Balaban J connectivity index is 1.91. The molecular formula is C12H14Br2N2O2S. The van der Waals surface area contributed by atoms with Crippen molar-refractivity contribution in [2.45, 2.75) is 6.92 Å². The SMILES string of the molecule is CC(=O)N1CCN(CC(=O)c2cc(Br)sc2Br)CC1. The molecule has 0 saturated carbocycles. The average Bonchev–Trinajstić information content (AvgIpc) is 2.69. The van der Waals surface area contributed by atoms with E-state index in [4.69, 9.17) is 0 Å². The minimum atomic E-state index is 0.107. The van der Waals surface area contributed by atoms with Gasteiger partial charge in [-0.3, -0.25) is 14.5 Å². The second kappa shape index (κ2) is 6.47. The Kier molecular flexibility index (Phi) is 5.16. The Morgan fingerprint density at radius 2 is 1.89 bits per heavy atom. The number of hydrogen-bond acceptors (Lipinski definition) is 4. The van der Waals surface area contributed by atoms with Crippen LogP contribution >= 0.6 is 43.2 Å². The standard InChI is InChI=1S/C12H14Br2N2O2S/c1-8(17)16-4-2-15(3-5-16)7-10(18)9-6-11(13)19-12(9)14/h6H,2-5,7H2,1H3. The average molecular weight is 410 g/mol. The summed E-state index contributed by atoms with van der Waals surface area (Å²) in [4.78, 5) is 27.3. The van der Waals surface area contributed by atoms with Gasteiger partial charge in [-0.1, -0.05) is 0 Å². The molecule has 0 aliphatic carbocycles. The summed E-state index contributed by atoms with van der Waals surface area (Å²) in [5.74, 6) is 0.223. The van der Waals surface area contributed by atoms with E-state index < -0.39 is 0 Å². The highest BCUT2D eigenvalue weighted by atomic mass is 79.9. The van der Waals surface area contributed by atoms with E-state index in [1.807, 2.05) is 11.0 Å². The van der Waals surface area contributed by atoms with Gasteiger partial charge in [0.15, 0.2) is 5.78 Å². The number of hydrogen-bond donors (Lipinski definition) is 0. The van der Waals surface area contributed by atoms with E-state index in [0.29, 0.717) is 19.6 Å². The summed E-state index contributed by atoms with van der Waals surface area (Å²) in [5, 5.41) is 0. The Bertz CT molecular complexity index is 496. The summed E-state index contributed by atoms with van der Waals surface area (Å²) in [6, 6.07) is 1.85. The number of piperazine rings is 1. The lowest BCUT2D eigenvalue weighted by Crippen LogP contribution is -2.49. The van der Waals surface area contributed by atoms with Gasteiger partial charge in [0.05, 0.1) is 14.1 Å². The predicted octanol–water partition coefficient (Wildman–Crippen LogP) is 2.62. The molecule has 0 radical (unpaired) electrons. The zero-order valence-corrected chi connectivity index (χ0v) is 14.5. The molecule has 1 aromatic heterocycles. The van der Waals surface area contributed by atoms with Crippen LogP contribution in [0.3, 0.4) is 0 Å². The van der Waals surface area contributed by atoms with Crippen LogP contribution in [0, 0.1) is 0 Å². The van der Waals surface area contributed by atoms with Gasteiger partial charge < -0.3 is 4.90 Å². The molecule has 0 spiro atoms. The van der Waals surface area contributed by atoms with Gasteiger partial charge in [0.2, 0.25) is 5.91 Å². The molecule has 0 N–H and O–H groups in total. The van der Waals surface area contributed by atoms with Crippen molar-refractivity contribution in [2.24, 2.45) is 0 Å². The first kappa shape index (κ1) is 15.2. The molecule has 7 heteroatoms. The van der Waals surface area contributed by atoms with Crippen LogP contribution < -0.4 is 0 Å². The maximum Gasteiger partial charge on any atom is 0.219 e. The zero-order valence-electron chi connectivity index (χ0n) is 10.5. The van der Waals surface area contributed by atoms with E-state index in [1.54, 1.807) is 6.92 Å². The molecular weight excluding hydrogens is 396 g/mol. The van der Waals surface area contributed by atoms with Crippen LogP contribution in [-0.2, 0) is 4.79 Å². The lowest BCUT2D eigenvalue weighted by atomic mass is 10.2. The third-order valence-electron chi connectivity index (χ3n) is 3.14. The molecule has 4 nitrogen and oxygen atoms in total. The molecule has 1 saturated heterocycles. The van der Waals surface area contributed by atoms with Gasteiger partial charge in [0, 0.05) is 38.7 Å². The van der Waals surface area contributed by atoms with E-state index >= 15 is 0 Å². The fraction of sp³-hybridized carbons (Fsp3) is 0.500. The van der Waals surface area contributed by atoms with E-state index in [9.17, 15) is 9.59 Å². The Morgan fingerprint density at radius 1 is 1.26 bits per heavy atom. The van der Waals surface area contributed by atoms with Gasteiger partial charge >= 0.3 is 0 Å². The number of rotatable bonds is 3. The molecule has 104 valence electrons. The molecule has 1 aliphatic rings. The van der Waals surface area contributed by atoms with Gasteiger partial charge in [-0.2, -0.15) is 0 Å². The lowest BCUT2D eigenvalue weighted by Gasteiger charge is -2.33. The number of amides is 1. The zero-order chi connectivity index (χ0) is 14.0. The van der Waals surface area contributed by atoms with Crippen molar-refractivity contribution in [3.05, 3.63) is 19.2 Å². The van der Waals surface area contributed by atoms with Crippen molar-refractivity contribution in [3.8, 4) is 0 Å². The molecule has 0 aromatic carbocycles. The van der Waals surface area contributed by atoms with Crippen LogP contribution in [0.15, 0.2) is 13.6 Å². The molecule has 0 atom stereocenters. The molecule has 19 heavy (non-hydrogen) atoms. The number of nitrogens with zero attached hydrogens (tertiary/aromatic N) is 2. The van der Waals surface area contributed by atoms with Gasteiger partial charge in [-0.15, -0.1) is 11.3 Å². The molecule has 0 unspecified atom stereocenters. The summed E-state index contributed by atoms with van der Waals surface area (Å²) in [6.07, 6.45) is 0. The third kappa shape index (κ3) is 3.87. The van der Waals surface area contributed by atoms with Crippen molar-refractivity contribution in [3.63, 3.8) is 0 Å². The van der Waals surface area contributed by atoms with Gasteiger partial charge in [-0.25, -0.2) is 0 Å². The summed E-state index contributed by atoms with van der Waals surface area (Å²) in [6.45, 7) is 4.92. The number of carbonyl (C=O) groups excluding carboxylic acids is 2. The molecule has 1 amide bonds. The van der Waals surface area contributed by atoms with Crippen molar-refractivity contribution >= 4 is 54.9 Å². The van der Waals surface area contributed by atoms with E-state index in [0.717, 1.165) is 26.2 Å². The first-order valence-corrected chi connectivity index (χ1v) is 8.33. The number of thiophene rings is 1. The van der Waals surface area contributed by atoms with E-state index in [-0.39, 0.29) is 11.7 Å². The number of carbonyl (C=O) groups is 2. The summed E-state index contributed by atoms with van der Waals surface area (Å²) in [5.41, 5.74) is 0.728. The maximum absolute atomic E-state index is 12.2. The fourth-order valence-corrected chi connectivity index (χ4v) is 4.90. The molecule has 2 rings (SSSR count). The van der Waals surface area contributed by atoms with Crippen LogP contribution in [0.5, 0.6) is 0 Å². The van der Waals surface area contributed by atoms with Crippen LogP contribution in [0.1, 0.15) is 17.3 Å². The minimum absolute atomic E-state index is 0.107. The summed E-state index contributed by atoms with van der Waals surface area (Å²) in [7, 11) is 0. The normalized spacial score (nSPS) is 16.7. The molecule has 1 fully saturated rings. The Morgan fingerprint density at radius 3 is 2.37 bits per heavy atom. The quantitative estimate of drug-likeness (QED) is 0.720. The van der Waals surface area contributed by atoms with Crippen molar-refractivity contribution < 1.29 is 9.59 Å². The van der Waals surface area contributed by atoms with Crippen LogP contribution in [0.4, 0.5) is 0 Å². The van der Waals surface area contributed by atoms with E-state index in [1.165, 1.54) is 11.3 Å². The highest BCUT2D eigenvalue weighted by Gasteiger charge is 2.22. The maximum atomic E-state index is 12.2. The number of halogens is 2. The summed E-state index contributed by atoms with van der Waals surface area (Å²) >= 11 is 8.29. The van der Waals surface area contributed by atoms with Gasteiger partial charge in [0.25, 0.3) is 0 Å². The highest BCUT2D eigenvalue weighted by Crippen LogP contribution is 2.32.